The van der Waals surface area contributed by atoms with Crippen LogP contribution >= 0.6 is 0 Å². The highest BCUT2D eigenvalue weighted by Gasteiger charge is 2.51. The van der Waals surface area contributed by atoms with Crippen LogP contribution in [0.2, 0.25) is 5.04 Å². The van der Waals surface area contributed by atoms with Gasteiger partial charge in [0.25, 0.3) is 8.32 Å². The summed E-state index contributed by atoms with van der Waals surface area (Å²) in [5.41, 5.74) is 0. The Hall–Kier alpha value is -1.54. The third kappa shape index (κ3) is 4.54. The van der Waals surface area contributed by atoms with Gasteiger partial charge in [-0.2, -0.15) is 0 Å². The van der Waals surface area contributed by atoms with E-state index >= 15 is 0 Å². The first-order valence-corrected chi connectivity index (χ1v) is 12.4. The summed E-state index contributed by atoms with van der Waals surface area (Å²) in [7, 11) is -2.75. The molecule has 1 saturated heterocycles. The van der Waals surface area contributed by atoms with E-state index in [1.807, 2.05) is 36.4 Å². The average molecular weight is 431 g/mol. The van der Waals surface area contributed by atoms with E-state index in [0.29, 0.717) is 0 Å². The van der Waals surface area contributed by atoms with Gasteiger partial charge in [0.1, 0.15) is 18.3 Å². The molecule has 6 heteroatoms. The van der Waals surface area contributed by atoms with Gasteiger partial charge in [0, 0.05) is 0 Å². The van der Waals surface area contributed by atoms with Crippen LogP contribution in [-0.2, 0) is 13.9 Å². The van der Waals surface area contributed by atoms with Crippen molar-refractivity contribution in [1.82, 2.24) is 0 Å². The Morgan fingerprint density at radius 2 is 1.47 bits per heavy atom. The predicted molar refractivity (Wildman–Crippen MR) is 120 cm³/mol. The van der Waals surface area contributed by atoms with E-state index in [1.54, 1.807) is 13.8 Å². The Labute approximate surface area is 180 Å². The van der Waals surface area contributed by atoms with Crippen molar-refractivity contribution in [2.45, 2.75) is 63.8 Å². The molecule has 0 bridgehead atoms. The lowest BCUT2D eigenvalue weighted by Gasteiger charge is -2.43. The number of ether oxygens (including phenoxy) is 2. The summed E-state index contributed by atoms with van der Waals surface area (Å²) in [5, 5.41) is 22.8. The van der Waals surface area contributed by atoms with Crippen LogP contribution in [0.15, 0.2) is 60.7 Å². The Balaban J connectivity index is 1.96. The molecule has 5 nitrogen and oxygen atoms in total. The van der Waals surface area contributed by atoms with Gasteiger partial charge >= 0.3 is 0 Å². The fraction of sp³-hybridized carbons (Fsp3) is 0.500. The van der Waals surface area contributed by atoms with Crippen molar-refractivity contribution >= 4 is 18.7 Å². The van der Waals surface area contributed by atoms with Crippen LogP contribution in [0, 0.1) is 0 Å². The van der Waals surface area contributed by atoms with Gasteiger partial charge in [0.05, 0.1) is 13.2 Å². The second kappa shape index (κ2) is 8.90. The fourth-order valence-electron chi connectivity index (χ4n) is 4.40. The van der Waals surface area contributed by atoms with Crippen LogP contribution in [0.4, 0.5) is 0 Å². The molecule has 0 aliphatic carbocycles. The fourth-order valence-corrected chi connectivity index (χ4v) is 8.97. The summed E-state index contributed by atoms with van der Waals surface area (Å²) >= 11 is 0. The molecular formula is C24H34O5Si. The number of aliphatic hydroxyl groups excluding tert-OH is 2. The number of hydrogen-bond acceptors (Lipinski definition) is 5. The minimum atomic E-state index is -2.75. The summed E-state index contributed by atoms with van der Waals surface area (Å²) in [4.78, 5) is 0. The van der Waals surface area contributed by atoms with Gasteiger partial charge in [-0.1, -0.05) is 81.4 Å². The monoisotopic (exact) mass is 430 g/mol. The SMILES string of the molecule is CC1(C)O[C@H]([C@H](O)CO[Si](c2ccccc2)(c2ccccc2)C(C)(C)C)[C@H](CO)O1. The van der Waals surface area contributed by atoms with Crippen molar-refractivity contribution in [3.63, 3.8) is 0 Å². The first kappa shape index (κ1) is 23.1. The summed E-state index contributed by atoms with van der Waals surface area (Å²) in [6.07, 6.45) is -2.16. The molecule has 1 aliphatic rings. The van der Waals surface area contributed by atoms with Gasteiger partial charge < -0.3 is 24.1 Å². The van der Waals surface area contributed by atoms with Crippen molar-refractivity contribution in [2.75, 3.05) is 13.2 Å². The molecule has 2 aromatic carbocycles. The van der Waals surface area contributed by atoms with Crippen LogP contribution in [0.25, 0.3) is 0 Å². The third-order valence-electron chi connectivity index (χ3n) is 5.67. The molecule has 30 heavy (non-hydrogen) atoms. The van der Waals surface area contributed by atoms with E-state index in [2.05, 4.69) is 45.0 Å². The van der Waals surface area contributed by atoms with Crippen molar-refractivity contribution in [3.8, 4) is 0 Å². The molecule has 1 fully saturated rings. The number of hydrogen-bond donors (Lipinski definition) is 2. The topological polar surface area (TPSA) is 68.2 Å². The van der Waals surface area contributed by atoms with E-state index < -0.39 is 32.4 Å². The van der Waals surface area contributed by atoms with Gasteiger partial charge in [0.2, 0.25) is 0 Å². The zero-order valence-corrected chi connectivity index (χ0v) is 19.5. The van der Waals surface area contributed by atoms with Gasteiger partial charge in [-0.3, -0.25) is 0 Å². The highest BCUT2D eigenvalue weighted by atomic mass is 28.4. The van der Waals surface area contributed by atoms with Crippen molar-refractivity contribution in [1.29, 1.82) is 0 Å². The first-order chi connectivity index (χ1) is 14.1. The third-order valence-corrected chi connectivity index (χ3v) is 10.7. The molecule has 0 spiro atoms. The second-order valence-electron chi connectivity index (χ2n) is 9.36. The molecule has 0 amide bonds. The van der Waals surface area contributed by atoms with E-state index in [4.69, 9.17) is 13.9 Å². The van der Waals surface area contributed by atoms with Gasteiger partial charge in [-0.15, -0.1) is 0 Å². The van der Waals surface area contributed by atoms with Gasteiger partial charge in [0.15, 0.2) is 5.79 Å². The molecule has 1 aliphatic heterocycles. The van der Waals surface area contributed by atoms with Crippen LogP contribution in [0.1, 0.15) is 34.6 Å². The standard InChI is InChI=1S/C24H34O5Si/c1-23(2,3)30(18-12-8-6-9-13-18,19-14-10-7-11-15-19)27-17-20(26)22-21(16-25)28-24(4,5)29-22/h6-15,20-22,25-26H,16-17H2,1-5H3/t20-,21+,22-/m1/s1. The van der Waals surface area contributed by atoms with Crippen molar-refractivity contribution in [2.24, 2.45) is 0 Å². The molecule has 0 radical (unpaired) electrons. The van der Waals surface area contributed by atoms with Gasteiger partial charge in [-0.05, 0) is 29.3 Å². The van der Waals surface area contributed by atoms with E-state index in [-0.39, 0.29) is 18.3 Å². The summed E-state index contributed by atoms with van der Waals surface area (Å²) in [6, 6.07) is 20.6. The maximum absolute atomic E-state index is 11.0. The first-order valence-electron chi connectivity index (χ1n) is 10.5. The number of rotatable bonds is 7. The van der Waals surface area contributed by atoms with Crippen molar-refractivity contribution < 1.29 is 24.1 Å². The molecule has 3 rings (SSSR count). The minimum absolute atomic E-state index is 0.0912. The molecule has 0 aromatic heterocycles. The van der Waals surface area contributed by atoms with Crippen LogP contribution in [0.5, 0.6) is 0 Å². The zero-order chi connectivity index (χ0) is 22.0. The lowest BCUT2D eigenvalue weighted by Crippen LogP contribution is -2.67. The Morgan fingerprint density at radius 3 is 1.90 bits per heavy atom. The highest BCUT2D eigenvalue weighted by molar-refractivity contribution is 6.99. The smallest absolute Gasteiger partial charge is 0.261 e. The maximum Gasteiger partial charge on any atom is 0.261 e. The Morgan fingerprint density at radius 1 is 0.967 bits per heavy atom. The summed E-state index contributed by atoms with van der Waals surface area (Å²) in [5.74, 6) is -0.851. The number of benzene rings is 2. The summed E-state index contributed by atoms with van der Waals surface area (Å²) in [6.45, 7) is 10.0. The molecule has 2 N–H and O–H groups in total. The number of aliphatic hydroxyl groups is 2. The lowest BCUT2D eigenvalue weighted by atomic mass is 10.1. The van der Waals surface area contributed by atoms with E-state index in [9.17, 15) is 10.2 Å². The zero-order valence-electron chi connectivity index (χ0n) is 18.5. The summed E-state index contributed by atoms with van der Waals surface area (Å²) < 4.78 is 18.4. The quantitative estimate of drug-likeness (QED) is 0.661. The molecule has 0 saturated carbocycles. The van der Waals surface area contributed by atoms with E-state index in [0.717, 1.165) is 10.4 Å². The minimum Gasteiger partial charge on any atom is -0.405 e. The highest BCUT2D eigenvalue weighted by Crippen LogP contribution is 2.37. The average Bonchev–Trinajstić information content (AvgIpc) is 3.04. The van der Waals surface area contributed by atoms with Crippen LogP contribution in [0.3, 0.4) is 0 Å². The second-order valence-corrected chi connectivity index (χ2v) is 13.7. The molecular weight excluding hydrogens is 396 g/mol. The Kier molecular flexibility index (Phi) is 6.86. The Bertz CT molecular complexity index is 764. The van der Waals surface area contributed by atoms with Crippen LogP contribution < -0.4 is 10.4 Å². The van der Waals surface area contributed by atoms with E-state index in [1.165, 1.54) is 0 Å². The molecule has 164 valence electrons. The largest absolute Gasteiger partial charge is 0.405 e. The molecule has 2 aromatic rings. The molecule has 1 heterocycles. The van der Waals surface area contributed by atoms with Crippen molar-refractivity contribution in [3.05, 3.63) is 60.7 Å². The maximum atomic E-state index is 11.0. The molecule has 0 unspecified atom stereocenters. The predicted octanol–water partition coefficient (Wildman–Crippen LogP) is 2.44. The van der Waals surface area contributed by atoms with Crippen LogP contribution in [-0.4, -0.2) is 55.8 Å². The van der Waals surface area contributed by atoms with Gasteiger partial charge in [-0.25, -0.2) is 0 Å². The normalized spacial score (nSPS) is 22.8. The molecule has 3 atom stereocenters. The lowest BCUT2D eigenvalue weighted by molar-refractivity contribution is -0.158.